The van der Waals surface area contributed by atoms with E-state index in [0.717, 1.165) is 19.5 Å². The number of unbranched alkanes of at least 4 members (excludes halogenated alkanes) is 1. The molecule has 0 rings (SSSR count). The molecule has 0 fully saturated rings. The van der Waals surface area contributed by atoms with Gasteiger partial charge >= 0.3 is 0 Å². The van der Waals surface area contributed by atoms with Gasteiger partial charge in [0.2, 0.25) is 5.91 Å². The van der Waals surface area contributed by atoms with Crippen LogP contribution in [-0.4, -0.2) is 24.2 Å². The fourth-order valence-electron chi connectivity index (χ4n) is 0.857. The van der Waals surface area contributed by atoms with E-state index >= 15 is 0 Å². The highest BCUT2D eigenvalue weighted by molar-refractivity contribution is 5.74. The highest BCUT2D eigenvalue weighted by atomic mass is 16.5. The molecule has 0 aliphatic heterocycles. The Morgan fingerprint density at radius 3 is 2.58 bits per heavy atom. The summed E-state index contributed by atoms with van der Waals surface area (Å²) < 4.78 is 0. The second kappa shape index (κ2) is 8.49. The summed E-state index contributed by atoms with van der Waals surface area (Å²) in [7, 11) is 0. The van der Waals surface area contributed by atoms with Crippen LogP contribution in [0.2, 0.25) is 0 Å². The van der Waals surface area contributed by atoms with Crippen molar-refractivity contribution in [3.63, 3.8) is 0 Å². The molecule has 0 saturated carbocycles. The molecule has 3 N–H and O–H groups in total. The van der Waals surface area contributed by atoms with E-state index in [1.54, 1.807) is 5.48 Å². The lowest BCUT2D eigenvalue weighted by molar-refractivity contribution is -0.129. The Bertz CT molecular complexity index is 118. The number of carbonyl (C=O) groups is 1. The molecule has 0 aromatic carbocycles. The van der Waals surface area contributed by atoms with Crippen LogP contribution in [0.5, 0.6) is 0 Å². The van der Waals surface area contributed by atoms with Crippen molar-refractivity contribution in [1.29, 1.82) is 0 Å². The van der Waals surface area contributed by atoms with Crippen molar-refractivity contribution in [3.05, 3.63) is 0 Å². The van der Waals surface area contributed by atoms with Crippen LogP contribution in [0.3, 0.4) is 0 Å². The van der Waals surface area contributed by atoms with E-state index in [0.29, 0.717) is 6.42 Å². The summed E-state index contributed by atoms with van der Waals surface area (Å²) >= 11 is 0. The molecule has 0 radical (unpaired) electrons. The third-order valence-corrected chi connectivity index (χ3v) is 1.59. The van der Waals surface area contributed by atoms with Crippen LogP contribution in [0, 0.1) is 0 Å². The standard InChI is InChI=1S/C8H18N2O2/c1-2-3-6-9-7-4-5-8(11)10-12/h9,12H,2-7H2,1H3,(H,10,11). The molecule has 4 heteroatoms. The first-order chi connectivity index (χ1) is 5.81. The molecule has 0 heterocycles. The van der Waals surface area contributed by atoms with E-state index < -0.39 is 0 Å². The summed E-state index contributed by atoms with van der Waals surface area (Å²) in [6.07, 6.45) is 3.52. The summed E-state index contributed by atoms with van der Waals surface area (Å²) in [6, 6.07) is 0. The topological polar surface area (TPSA) is 61.4 Å². The van der Waals surface area contributed by atoms with Crippen molar-refractivity contribution < 1.29 is 10.0 Å². The molecule has 0 bridgehead atoms. The number of hydrogen-bond acceptors (Lipinski definition) is 3. The van der Waals surface area contributed by atoms with Crippen LogP contribution in [0.4, 0.5) is 0 Å². The number of amides is 1. The van der Waals surface area contributed by atoms with Crippen LogP contribution >= 0.6 is 0 Å². The predicted molar refractivity (Wildman–Crippen MR) is 46.9 cm³/mol. The second-order valence-corrected chi connectivity index (χ2v) is 2.74. The van der Waals surface area contributed by atoms with Crippen molar-refractivity contribution in [1.82, 2.24) is 10.8 Å². The van der Waals surface area contributed by atoms with Crippen LogP contribution < -0.4 is 10.8 Å². The zero-order valence-electron chi connectivity index (χ0n) is 7.60. The van der Waals surface area contributed by atoms with Crippen molar-refractivity contribution >= 4 is 5.91 Å². The van der Waals surface area contributed by atoms with Gasteiger partial charge < -0.3 is 5.32 Å². The van der Waals surface area contributed by atoms with E-state index in [9.17, 15) is 4.79 Å². The molecule has 0 aromatic heterocycles. The van der Waals surface area contributed by atoms with E-state index in [4.69, 9.17) is 5.21 Å². The molecule has 4 nitrogen and oxygen atoms in total. The number of rotatable bonds is 7. The van der Waals surface area contributed by atoms with Crippen LogP contribution in [0.25, 0.3) is 0 Å². The summed E-state index contributed by atoms with van der Waals surface area (Å²) in [6.45, 7) is 3.99. The Labute approximate surface area is 73.3 Å². The molecule has 0 saturated heterocycles. The van der Waals surface area contributed by atoms with E-state index in [1.807, 2.05) is 0 Å². The number of hydrogen-bond donors (Lipinski definition) is 3. The fourth-order valence-corrected chi connectivity index (χ4v) is 0.857. The molecule has 0 atom stereocenters. The molecule has 1 amide bonds. The lowest BCUT2D eigenvalue weighted by Crippen LogP contribution is -2.22. The molecule has 72 valence electrons. The van der Waals surface area contributed by atoms with Gasteiger partial charge in [-0.05, 0) is 25.9 Å². The molecule has 0 aliphatic carbocycles. The fraction of sp³-hybridized carbons (Fsp3) is 0.875. The first-order valence-electron chi connectivity index (χ1n) is 4.45. The van der Waals surface area contributed by atoms with Crippen molar-refractivity contribution in [2.75, 3.05) is 13.1 Å². The normalized spacial score (nSPS) is 9.83. The van der Waals surface area contributed by atoms with Gasteiger partial charge in [-0.15, -0.1) is 0 Å². The van der Waals surface area contributed by atoms with Crippen molar-refractivity contribution in [2.45, 2.75) is 32.6 Å². The minimum atomic E-state index is -0.313. The minimum absolute atomic E-state index is 0.313. The van der Waals surface area contributed by atoms with E-state index in [1.165, 1.54) is 12.8 Å². The summed E-state index contributed by atoms with van der Waals surface area (Å²) in [5, 5.41) is 11.4. The Morgan fingerprint density at radius 1 is 1.33 bits per heavy atom. The van der Waals surface area contributed by atoms with Gasteiger partial charge in [0, 0.05) is 6.42 Å². The molecular weight excluding hydrogens is 156 g/mol. The number of hydroxylamine groups is 1. The highest BCUT2D eigenvalue weighted by Gasteiger charge is 1.96. The Hall–Kier alpha value is -0.610. The largest absolute Gasteiger partial charge is 0.317 e. The molecule has 0 aliphatic rings. The predicted octanol–water partition coefficient (Wildman–Crippen LogP) is 0.662. The smallest absolute Gasteiger partial charge is 0.243 e. The van der Waals surface area contributed by atoms with Gasteiger partial charge in [-0.1, -0.05) is 13.3 Å². The van der Waals surface area contributed by atoms with Gasteiger partial charge in [-0.2, -0.15) is 0 Å². The average molecular weight is 174 g/mol. The third-order valence-electron chi connectivity index (χ3n) is 1.59. The maximum absolute atomic E-state index is 10.5. The van der Waals surface area contributed by atoms with E-state index in [2.05, 4.69) is 12.2 Å². The quantitative estimate of drug-likeness (QED) is 0.302. The number of carbonyl (C=O) groups excluding carboxylic acids is 1. The zero-order valence-corrected chi connectivity index (χ0v) is 7.60. The molecule has 12 heavy (non-hydrogen) atoms. The van der Waals surface area contributed by atoms with Gasteiger partial charge in [0.05, 0.1) is 0 Å². The summed E-state index contributed by atoms with van der Waals surface area (Å²) in [4.78, 5) is 10.5. The SMILES string of the molecule is CCCCNCCCC(=O)NO. The first kappa shape index (κ1) is 11.4. The van der Waals surface area contributed by atoms with Crippen molar-refractivity contribution in [3.8, 4) is 0 Å². The molecule has 0 unspecified atom stereocenters. The zero-order chi connectivity index (χ0) is 9.23. The van der Waals surface area contributed by atoms with Crippen LogP contribution in [-0.2, 0) is 4.79 Å². The third kappa shape index (κ3) is 7.50. The van der Waals surface area contributed by atoms with Gasteiger partial charge in [0.1, 0.15) is 0 Å². The van der Waals surface area contributed by atoms with Gasteiger partial charge in [-0.25, -0.2) is 5.48 Å². The lowest BCUT2D eigenvalue weighted by atomic mass is 10.3. The Balaban J connectivity index is 2.95. The van der Waals surface area contributed by atoms with Crippen molar-refractivity contribution in [2.24, 2.45) is 0 Å². The summed E-state index contributed by atoms with van der Waals surface area (Å²) in [5.74, 6) is -0.313. The van der Waals surface area contributed by atoms with Crippen LogP contribution in [0.1, 0.15) is 32.6 Å². The van der Waals surface area contributed by atoms with Crippen LogP contribution in [0.15, 0.2) is 0 Å². The maximum atomic E-state index is 10.5. The van der Waals surface area contributed by atoms with Gasteiger partial charge in [0.15, 0.2) is 0 Å². The first-order valence-corrected chi connectivity index (χ1v) is 4.45. The lowest BCUT2D eigenvalue weighted by Gasteiger charge is -2.02. The Morgan fingerprint density at radius 2 is 2.00 bits per heavy atom. The second-order valence-electron chi connectivity index (χ2n) is 2.74. The molecule has 0 aromatic rings. The van der Waals surface area contributed by atoms with Gasteiger partial charge in [0.25, 0.3) is 0 Å². The maximum Gasteiger partial charge on any atom is 0.243 e. The van der Waals surface area contributed by atoms with Gasteiger partial charge in [-0.3, -0.25) is 10.0 Å². The average Bonchev–Trinajstić information content (AvgIpc) is 2.10. The summed E-state index contributed by atoms with van der Waals surface area (Å²) in [5.41, 5.74) is 1.60. The molecule has 0 spiro atoms. The number of nitrogens with one attached hydrogen (secondary N) is 2. The van der Waals surface area contributed by atoms with E-state index in [-0.39, 0.29) is 5.91 Å². The monoisotopic (exact) mass is 174 g/mol. The Kier molecular flexibility index (Phi) is 8.05. The molecular formula is C8H18N2O2. The highest BCUT2D eigenvalue weighted by Crippen LogP contribution is 1.87. The minimum Gasteiger partial charge on any atom is -0.317 e.